The number of H-pyrrole nitrogens is 1. The van der Waals surface area contributed by atoms with Crippen LogP contribution in [0.1, 0.15) is 40.9 Å². The molecule has 1 aliphatic heterocycles. The van der Waals surface area contributed by atoms with Crippen LogP contribution in [-0.4, -0.2) is 18.6 Å². The highest BCUT2D eigenvalue weighted by Gasteiger charge is 2.27. The van der Waals surface area contributed by atoms with Gasteiger partial charge in [-0.15, -0.1) is 0 Å². The maximum Gasteiger partial charge on any atom is 0.120 e. The molecule has 1 aromatic heterocycles. The summed E-state index contributed by atoms with van der Waals surface area (Å²) in [6.45, 7) is 3.73. The van der Waals surface area contributed by atoms with Crippen molar-refractivity contribution < 1.29 is 9.47 Å². The molecular weight excluding hydrogens is 384 g/mol. The van der Waals surface area contributed by atoms with Gasteiger partial charge in [-0.2, -0.15) is 0 Å². The average molecular weight is 413 g/mol. The Labute approximate surface area is 183 Å². The molecule has 4 aromatic rings. The Bertz CT molecular complexity index is 1200. The van der Waals surface area contributed by atoms with Crippen LogP contribution in [-0.2, 0) is 19.4 Å². The van der Waals surface area contributed by atoms with Crippen molar-refractivity contribution in [1.82, 2.24) is 10.3 Å². The molecule has 1 aliphatic rings. The summed E-state index contributed by atoms with van der Waals surface area (Å²) in [4.78, 5) is 3.70. The van der Waals surface area contributed by atoms with E-state index in [0.29, 0.717) is 6.61 Å². The van der Waals surface area contributed by atoms with Gasteiger partial charge in [-0.25, -0.2) is 0 Å². The summed E-state index contributed by atoms with van der Waals surface area (Å²) >= 11 is 0. The van der Waals surface area contributed by atoms with Crippen molar-refractivity contribution in [2.45, 2.75) is 32.4 Å². The van der Waals surface area contributed by atoms with Gasteiger partial charge in [0, 0.05) is 23.1 Å². The number of hydrogen-bond acceptors (Lipinski definition) is 3. The van der Waals surface area contributed by atoms with Gasteiger partial charge in [0.15, 0.2) is 0 Å². The van der Waals surface area contributed by atoms with Gasteiger partial charge in [0.1, 0.15) is 18.1 Å². The zero-order chi connectivity index (χ0) is 21.2. The third-order valence-electron chi connectivity index (χ3n) is 6.21. The van der Waals surface area contributed by atoms with Crippen molar-refractivity contribution in [3.05, 3.63) is 94.7 Å². The van der Waals surface area contributed by atoms with Gasteiger partial charge in [0.25, 0.3) is 0 Å². The number of aromatic nitrogens is 1. The van der Waals surface area contributed by atoms with Crippen molar-refractivity contribution in [2.24, 2.45) is 0 Å². The fraction of sp³-hybridized carbons (Fsp3) is 0.259. The Balaban J connectivity index is 1.48. The predicted octanol–water partition coefficient (Wildman–Crippen LogP) is 5.55. The van der Waals surface area contributed by atoms with Crippen LogP contribution in [0.3, 0.4) is 0 Å². The minimum absolute atomic E-state index is 0.158. The summed E-state index contributed by atoms with van der Waals surface area (Å²) in [7, 11) is 1.72. The van der Waals surface area contributed by atoms with Gasteiger partial charge >= 0.3 is 0 Å². The third-order valence-corrected chi connectivity index (χ3v) is 6.21. The van der Waals surface area contributed by atoms with E-state index in [1.807, 2.05) is 18.2 Å². The highest BCUT2D eigenvalue weighted by atomic mass is 16.5. The zero-order valence-electron chi connectivity index (χ0n) is 18.1. The van der Waals surface area contributed by atoms with Gasteiger partial charge in [0.2, 0.25) is 0 Å². The summed E-state index contributed by atoms with van der Waals surface area (Å²) in [6, 6.07) is 23.2. The number of ether oxygens (including phenoxy) is 2. The van der Waals surface area contributed by atoms with E-state index in [9.17, 15) is 0 Å². The first-order valence-electron chi connectivity index (χ1n) is 11.0. The number of aryl methyl sites for hydroxylation is 1. The van der Waals surface area contributed by atoms with E-state index in [0.717, 1.165) is 36.4 Å². The second kappa shape index (κ2) is 8.48. The minimum Gasteiger partial charge on any atom is -0.497 e. The fourth-order valence-electron chi connectivity index (χ4n) is 4.60. The second-order valence-electron chi connectivity index (χ2n) is 8.05. The van der Waals surface area contributed by atoms with E-state index in [1.165, 1.54) is 33.3 Å². The fourth-order valence-corrected chi connectivity index (χ4v) is 4.60. The summed E-state index contributed by atoms with van der Waals surface area (Å²) < 4.78 is 11.5. The lowest BCUT2D eigenvalue weighted by Gasteiger charge is -2.27. The lowest BCUT2D eigenvalue weighted by molar-refractivity contribution is 0.306. The number of benzene rings is 3. The number of nitrogens with one attached hydrogen (secondary N) is 2. The Morgan fingerprint density at radius 2 is 1.81 bits per heavy atom. The Morgan fingerprint density at radius 1 is 0.968 bits per heavy atom. The zero-order valence-corrected chi connectivity index (χ0v) is 18.1. The molecule has 3 aromatic carbocycles. The summed E-state index contributed by atoms with van der Waals surface area (Å²) in [5, 5.41) is 4.99. The Morgan fingerprint density at radius 3 is 2.61 bits per heavy atom. The van der Waals surface area contributed by atoms with Crippen LogP contribution >= 0.6 is 0 Å². The molecule has 0 aliphatic carbocycles. The predicted molar refractivity (Wildman–Crippen MR) is 125 cm³/mol. The molecule has 31 heavy (non-hydrogen) atoms. The third kappa shape index (κ3) is 3.79. The van der Waals surface area contributed by atoms with Crippen molar-refractivity contribution in [1.29, 1.82) is 0 Å². The van der Waals surface area contributed by atoms with Gasteiger partial charge in [-0.05, 0) is 65.4 Å². The van der Waals surface area contributed by atoms with E-state index in [-0.39, 0.29) is 6.04 Å². The number of hydrogen-bond donors (Lipinski definition) is 2. The first-order chi connectivity index (χ1) is 15.3. The summed E-state index contributed by atoms with van der Waals surface area (Å²) in [6.07, 6.45) is 1.98. The topological polar surface area (TPSA) is 46.3 Å². The summed E-state index contributed by atoms with van der Waals surface area (Å²) in [5.41, 5.74) is 7.63. The van der Waals surface area contributed by atoms with Crippen LogP contribution in [0.2, 0.25) is 0 Å². The van der Waals surface area contributed by atoms with Crippen molar-refractivity contribution in [2.75, 3.05) is 13.7 Å². The molecule has 0 radical (unpaired) electrons. The van der Waals surface area contributed by atoms with E-state index in [2.05, 4.69) is 65.8 Å². The highest BCUT2D eigenvalue weighted by Crippen LogP contribution is 2.37. The molecule has 1 atom stereocenters. The standard InChI is InChI=1S/C27H28N2O2/c1-3-19-15-20(30-2)9-11-22(19)26-27-23(13-14-28-26)24-16-21(10-12-25(24)29-27)31-17-18-7-5-4-6-8-18/h4-12,15-16,26,28-29H,3,13-14,17H2,1-2H3. The maximum absolute atomic E-state index is 6.09. The largest absolute Gasteiger partial charge is 0.497 e. The molecular formula is C27H28N2O2. The molecule has 1 unspecified atom stereocenters. The average Bonchev–Trinajstić information content (AvgIpc) is 3.21. The number of rotatable bonds is 6. The minimum atomic E-state index is 0.158. The van der Waals surface area contributed by atoms with Crippen molar-refractivity contribution in [3.8, 4) is 11.5 Å². The maximum atomic E-state index is 6.09. The number of methoxy groups -OCH3 is 1. The molecule has 0 saturated heterocycles. The van der Waals surface area contributed by atoms with Gasteiger partial charge < -0.3 is 19.8 Å². The van der Waals surface area contributed by atoms with E-state index in [4.69, 9.17) is 9.47 Å². The van der Waals surface area contributed by atoms with Gasteiger partial charge in [-0.3, -0.25) is 0 Å². The molecule has 5 rings (SSSR count). The van der Waals surface area contributed by atoms with Gasteiger partial charge in [-0.1, -0.05) is 43.3 Å². The molecule has 0 fully saturated rings. The molecule has 4 heteroatoms. The molecule has 0 spiro atoms. The second-order valence-corrected chi connectivity index (χ2v) is 8.05. The van der Waals surface area contributed by atoms with E-state index < -0.39 is 0 Å². The smallest absolute Gasteiger partial charge is 0.120 e. The lowest BCUT2D eigenvalue weighted by Crippen LogP contribution is -2.31. The molecule has 4 nitrogen and oxygen atoms in total. The molecule has 2 heterocycles. The van der Waals surface area contributed by atoms with Crippen LogP contribution in [0.25, 0.3) is 10.9 Å². The number of fused-ring (bicyclic) bond motifs is 3. The normalized spacial score (nSPS) is 15.6. The molecule has 0 saturated carbocycles. The van der Waals surface area contributed by atoms with E-state index in [1.54, 1.807) is 7.11 Å². The van der Waals surface area contributed by atoms with Crippen LogP contribution in [0.5, 0.6) is 11.5 Å². The first-order valence-corrected chi connectivity index (χ1v) is 11.0. The van der Waals surface area contributed by atoms with Gasteiger partial charge in [0.05, 0.1) is 13.2 Å². The Hall–Kier alpha value is -3.24. The highest BCUT2D eigenvalue weighted by molar-refractivity contribution is 5.86. The quantitative estimate of drug-likeness (QED) is 0.436. The number of aromatic amines is 1. The van der Waals surface area contributed by atoms with Crippen molar-refractivity contribution in [3.63, 3.8) is 0 Å². The molecule has 0 bridgehead atoms. The molecule has 158 valence electrons. The van der Waals surface area contributed by atoms with Crippen LogP contribution in [0.4, 0.5) is 0 Å². The lowest BCUT2D eigenvalue weighted by atomic mass is 9.90. The molecule has 0 amide bonds. The SMILES string of the molecule is CCc1cc(OC)ccc1C1NCCc2c1[nH]c1ccc(OCc3ccccc3)cc21. The van der Waals surface area contributed by atoms with Crippen molar-refractivity contribution >= 4 is 10.9 Å². The first kappa shape index (κ1) is 19.7. The van der Waals surface area contributed by atoms with E-state index >= 15 is 0 Å². The van der Waals surface area contributed by atoms with Crippen LogP contribution in [0.15, 0.2) is 66.7 Å². The van der Waals surface area contributed by atoms with Crippen LogP contribution < -0.4 is 14.8 Å². The Kier molecular flexibility index (Phi) is 5.39. The van der Waals surface area contributed by atoms with Crippen LogP contribution in [0, 0.1) is 0 Å². The monoisotopic (exact) mass is 412 g/mol. The molecule has 2 N–H and O–H groups in total. The summed E-state index contributed by atoms with van der Waals surface area (Å²) in [5.74, 6) is 1.82.